The summed E-state index contributed by atoms with van der Waals surface area (Å²) >= 11 is 12.3. The van der Waals surface area contributed by atoms with E-state index in [1.165, 1.54) is 36.4 Å². The number of rotatable bonds is 8. The van der Waals surface area contributed by atoms with Crippen LogP contribution in [0.5, 0.6) is 17.2 Å². The fourth-order valence-electron chi connectivity index (χ4n) is 5.30. The van der Waals surface area contributed by atoms with E-state index < -0.39 is 19.1 Å². The smallest absolute Gasteiger partial charge is 0.406 e. The van der Waals surface area contributed by atoms with E-state index in [1.807, 2.05) is 121 Å². The van der Waals surface area contributed by atoms with Gasteiger partial charge in [-0.2, -0.15) is 0 Å². The van der Waals surface area contributed by atoms with Gasteiger partial charge in [0.15, 0.2) is 0 Å². The first-order chi connectivity index (χ1) is 32.0. The third-order valence-electron chi connectivity index (χ3n) is 7.75. The van der Waals surface area contributed by atoms with Crippen molar-refractivity contribution in [3.05, 3.63) is 216 Å². The Morgan fingerprint density at radius 3 is 1.07 bits per heavy atom. The molecule has 0 aliphatic carbocycles. The van der Waals surface area contributed by atoms with Crippen molar-refractivity contribution >= 4 is 86.5 Å². The number of ether oxygens (including phenoxy) is 3. The molecular weight excluding hydrogens is 1170 g/mol. The van der Waals surface area contributed by atoms with Gasteiger partial charge in [0.25, 0.3) is 0 Å². The number of aliphatic imine (C=N–C) groups is 1. The molecule has 0 unspecified atom stereocenters. The highest BCUT2D eigenvalue weighted by atomic mass is 79.9. The molecule has 20 heteroatoms. The van der Waals surface area contributed by atoms with E-state index in [4.69, 9.17) is 16.2 Å². The van der Waals surface area contributed by atoms with Crippen molar-refractivity contribution in [2.75, 3.05) is 12.8 Å². The molecule has 68 heavy (non-hydrogen) atoms. The molecule has 0 aliphatic heterocycles. The standard InChI is InChI=1S/C20H13BrF3NO.C13H11N.C7H3Br2F3O.C7H5BrF3NO.CH4O/c21-16-11-17(13-18(12-16)26-20(22,23)24)25-19(14-7-3-1-4-8-14)15-9-5-2-6-10-15;14-13(11-7-3-1-4-8-11)12-9-5-2-6-10-12;8-4-1-5(9)3-6(2-4)13-7(10,11)12;8-4-1-5(12)3-6(2-4)13-7(9,10)11;1-2/h1-13H;1-10,14H;1-3H;1-3H,12H2;2H,1H3. The lowest BCUT2D eigenvalue weighted by atomic mass is 10.0. The summed E-state index contributed by atoms with van der Waals surface area (Å²) in [6.07, 6.45) is -14.1. The maximum atomic E-state index is 12.5. The first-order valence-electron chi connectivity index (χ1n) is 19.0. The van der Waals surface area contributed by atoms with Crippen molar-refractivity contribution in [1.29, 1.82) is 5.41 Å². The first-order valence-corrected chi connectivity index (χ1v) is 22.1. The van der Waals surface area contributed by atoms with E-state index in [2.05, 4.69) is 82.9 Å². The summed E-state index contributed by atoms with van der Waals surface area (Å²) in [7, 11) is 1.00. The van der Waals surface area contributed by atoms with E-state index >= 15 is 0 Å². The van der Waals surface area contributed by atoms with Crippen LogP contribution in [0.1, 0.15) is 22.3 Å². The Morgan fingerprint density at radius 2 is 0.735 bits per heavy atom. The van der Waals surface area contributed by atoms with Gasteiger partial charge < -0.3 is 25.1 Å². The molecule has 0 spiro atoms. The highest BCUT2D eigenvalue weighted by molar-refractivity contribution is 9.11. The van der Waals surface area contributed by atoms with Crippen LogP contribution in [0.4, 0.5) is 50.9 Å². The van der Waals surface area contributed by atoms with Crippen molar-refractivity contribution in [2.45, 2.75) is 19.1 Å². The fraction of sp³-hybridized carbons (Fsp3) is 0.0833. The number of benzene rings is 7. The van der Waals surface area contributed by atoms with Gasteiger partial charge in [0.2, 0.25) is 0 Å². The number of nitrogens with two attached hydrogens (primary N) is 1. The zero-order chi connectivity index (χ0) is 50.5. The zero-order valence-electron chi connectivity index (χ0n) is 34.9. The van der Waals surface area contributed by atoms with Gasteiger partial charge in [-0.25, -0.2) is 4.99 Å². The average molecular weight is 1210 g/mol. The molecule has 358 valence electrons. The lowest BCUT2D eigenvalue weighted by Crippen LogP contribution is -2.17. The van der Waals surface area contributed by atoms with Crippen molar-refractivity contribution in [3.63, 3.8) is 0 Å². The third kappa shape index (κ3) is 22.4. The van der Waals surface area contributed by atoms with Gasteiger partial charge in [0.05, 0.1) is 17.1 Å². The lowest BCUT2D eigenvalue weighted by Gasteiger charge is -2.11. The predicted molar refractivity (Wildman–Crippen MR) is 260 cm³/mol. The highest BCUT2D eigenvalue weighted by Gasteiger charge is 2.32. The van der Waals surface area contributed by atoms with Gasteiger partial charge in [-0.15, -0.1) is 39.5 Å². The summed E-state index contributed by atoms with van der Waals surface area (Å²) in [5.74, 6) is -0.917. The number of hydrogen-bond acceptors (Lipinski definition) is 7. The Kier molecular flexibility index (Phi) is 22.8. The predicted octanol–water partition coefficient (Wildman–Crippen LogP) is 16.3. The van der Waals surface area contributed by atoms with E-state index in [0.29, 0.717) is 35.0 Å². The molecule has 0 atom stereocenters. The molecule has 0 bridgehead atoms. The lowest BCUT2D eigenvalue weighted by molar-refractivity contribution is -0.275. The number of aliphatic hydroxyl groups is 1. The van der Waals surface area contributed by atoms with Crippen LogP contribution >= 0.6 is 63.7 Å². The molecule has 7 aromatic rings. The maximum absolute atomic E-state index is 12.5. The Bertz CT molecular complexity index is 2480. The number of anilines is 1. The summed E-state index contributed by atoms with van der Waals surface area (Å²) in [4.78, 5) is 4.59. The topological polar surface area (TPSA) is 110 Å². The van der Waals surface area contributed by atoms with Crippen molar-refractivity contribution in [2.24, 2.45) is 4.99 Å². The quantitative estimate of drug-likeness (QED) is 0.0798. The van der Waals surface area contributed by atoms with Crippen LogP contribution < -0.4 is 19.9 Å². The van der Waals surface area contributed by atoms with Gasteiger partial charge in [0, 0.05) is 53.9 Å². The number of nitrogen functional groups attached to an aromatic ring is 1. The van der Waals surface area contributed by atoms with Crippen molar-refractivity contribution in [3.8, 4) is 17.2 Å². The molecule has 7 rings (SSSR count). The van der Waals surface area contributed by atoms with Crippen LogP contribution in [0.15, 0.2) is 199 Å². The van der Waals surface area contributed by atoms with E-state index in [9.17, 15) is 39.5 Å². The first kappa shape index (κ1) is 56.7. The van der Waals surface area contributed by atoms with Gasteiger partial charge in [-0.05, 0) is 53.6 Å². The number of hydrogen-bond donors (Lipinski definition) is 3. The van der Waals surface area contributed by atoms with E-state index in [-0.39, 0.29) is 22.9 Å². The van der Waals surface area contributed by atoms with Crippen molar-refractivity contribution < 1.29 is 58.8 Å². The zero-order valence-corrected chi connectivity index (χ0v) is 41.2. The number of alkyl halides is 9. The minimum Gasteiger partial charge on any atom is -0.406 e. The molecule has 0 heterocycles. The molecular formula is C48H36Br4F9N3O4. The molecule has 0 radical (unpaired) electrons. The average Bonchev–Trinajstić information content (AvgIpc) is 3.25. The summed E-state index contributed by atoms with van der Waals surface area (Å²) < 4.78 is 121. The van der Waals surface area contributed by atoms with Gasteiger partial charge >= 0.3 is 19.1 Å². The summed E-state index contributed by atoms with van der Waals surface area (Å²) in [6, 6.07) is 50.4. The summed E-state index contributed by atoms with van der Waals surface area (Å²) in [5.41, 5.74) is 10.7. The number of nitrogens with zero attached hydrogens (tertiary/aromatic N) is 1. The third-order valence-corrected chi connectivity index (χ3v) is 9.58. The minimum absolute atomic E-state index is 0.202. The fourth-order valence-corrected chi connectivity index (χ4v) is 7.50. The Morgan fingerprint density at radius 1 is 0.441 bits per heavy atom. The maximum Gasteiger partial charge on any atom is 0.573 e. The van der Waals surface area contributed by atoms with Crippen LogP contribution in [-0.2, 0) is 0 Å². The Balaban J connectivity index is 0.000000251. The normalized spacial score (nSPS) is 10.7. The second-order valence-electron chi connectivity index (χ2n) is 12.9. The molecule has 0 amide bonds. The Hall–Kier alpha value is -5.67. The van der Waals surface area contributed by atoms with Gasteiger partial charge in [-0.3, -0.25) is 5.41 Å². The second-order valence-corrected chi connectivity index (χ2v) is 16.6. The van der Waals surface area contributed by atoms with Crippen LogP contribution in [0, 0.1) is 5.41 Å². The van der Waals surface area contributed by atoms with E-state index in [1.54, 1.807) is 12.1 Å². The summed E-state index contributed by atoms with van der Waals surface area (Å²) in [6.45, 7) is 0. The number of aliphatic hydroxyl groups excluding tert-OH is 1. The van der Waals surface area contributed by atoms with Crippen LogP contribution in [0.25, 0.3) is 0 Å². The molecule has 0 aliphatic rings. The molecule has 4 N–H and O–H groups in total. The Labute approximate surface area is 418 Å². The van der Waals surface area contributed by atoms with Crippen molar-refractivity contribution in [1.82, 2.24) is 0 Å². The van der Waals surface area contributed by atoms with Gasteiger partial charge in [-0.1, -0.05) is 185 Å². The molecule has 0 saturated carbocycles. The second kappa shape index (κ2) is 27.4. The minimum atomic E-state index is -4.76. The highest BCUT2D eigenvalue weighted by Crippen LogP contribution is 2.33. The number of halogens is 13. The molecule has 7 nitrogen and oxygen atoms in total. The monoisotopic (exact) mass is 1200 g/mol. The van der Waals surface area contributed by atoms with Crippen LogP contribution in [-0.4, -0.2) is 42.7 Å². The van der Waals surface area contributed by atoms with Crippen LogP contribution in [0.3, 0.4) is 0 Å². The largest absolute Gasteiger partial charge is 0.573 e. The molecule has 7 aromatic carbocycles. The molecule has 0 aromatic heterocycles. The summed E-state index contributed by atoms with van der Waals surface area (Å²) in [5, 5.41) is 15.0. The molecule has 0 saturated heterocycles. The van der Waals surface area contributed by atoms with E-state index in [0.717, 1.165) is 35.4 Å². The van der Waals surface area contributed by atoms with Gasteiger partial charge in [0.1, 0.15) is 17.2 Å². The molecule has 0 fully saturated rings. The SMILES string of the molecule is CO.FC(F)(F)Oc1cc(Br)cc(Br)c1.FC(F)(F)Oc1cc(Br)cc(N=C(c2ccccc2)c2ccccc2)c1.N=C(c1ccccc1)c1ccccc1.Nc1cc(Br)cc(OC(F)(F)F)c1. The number of nitrogens with one attached hydrogen (secondary N) is 1. The van der Waals surface area contributed by atoms with Crippen LogP contribution in [0.2, 0.25) is 0 Å².